The molecule has 1 heterocycles. The largest absolute Gasteiger partial charge is 0.573 e. The number of benzene rings is 1. The normalized spacial score (nSPS) is 26.3. The zero-order valence-corrected chi connectivity index (χ0v) is 19.1. The van der Waals surface area contributed by atoms with Crippen molar-refractivity contribution in [2.45, 2.75) is 58.7 Å². The van der Waals surface area contributed by atoms with Gasteiger partial charge in [0.2, 0.25) is 5.91 Å². The van der Waals surface area contributed by atoms with E-state index in [2.05, 4.69) is 4.74 Å². The summed E-state index contributed by atoms with van der Waals surface area (Å²) in [4.78, 5) is 25.8. The predicted molar refractivity (Wildman–Crippen MR) is 117 cm³/mol. The first-order chi connectivity index (χ1) is 15.3. The molecule has 1 aromatic rings. The molecule has 0 radical (unpaired) electrons. The monoisotopic (exact) mass is 463 g/mol. The lowest BCUT2D eigenvalue weighted by atomic mass is 9.75. The minimum Gasteiger partial charge on any atom is -0.481 e. The molecule has 4 rings (SSSR count). The Morgan fingerprint density at radius 1 is 1.30 bits per heavy atom. The number of hydrogen-bond donors (Lipinski definition) is 1. The summed E-state index contributed by atoms with van der Waals surface area (Å²) in [5.41, 5.74) is 2.92. The Hall–Kier alpha value is -2.77. The van der Waals surface area contributed by atoms with Gasteiger partial charge in [0, 0.05) is 29.6 Å². The fraction of sp³-hybridized carbons (Fsp3) is 0.520. The summed E-state index contributed by atoms with van der Waals surface area (Å²) < 4.78 is 43.9. The second-order valence-corrected chi connectivity index (χ2v) is 9.82. The number of nitrogens with zero attached hydrogens (tertiary/aromatic N) is 1. The van der Waals surface area contributed by atoms with Crippen molar-refractivity contribution in [3.05, 3.63) is 46.7 Å². The average molecular weight is 463 g/mol. The number of aryl methyl sites for hydroxylation is 1. The van der Waals surface area contributed by atoms with Crippen molar-refractivity contribution in [2.75, 3.05) is 11.4 Å². The van der Waals surface area contributed by atoms with Gasteiger partial charge in [-0.3, -0.25) is 9.59 Å². The Bertz CT molecular complexity index is 1070. The van der Waals surface area contributed by atoms with Gasteiger partial charge >= 0.3 is 12.3 Å². The zero-order valence-electron chi connectivity index (χ0n) is 19.1. The number of rotatable bonds is 5. The molecule has 178 valence electrons. The first kappa shape index (κ1) is 23.4. The second-order valence-electron chi connectivity index (χ2n) is 9.82. The van der Waals surface area contributed by atoms with E-state index in [1.54, 1.807) is 17.0 Å². The van der Waals surface area contributed by atoms with Crippen molar-refractivity contribution in [1.82, 2.24) is 0 Å². The highest BCUT2D eigenvalue weighted by Gasteiger charge is 2.48. The highest BCUT2D eigenvalue weighted by Crippen LogP contribution is 2.51. The van der Waals surface area contributed by atoms with E-state index in [0.717, 1.165) is 11.1 Å². The van der Waals surface area contributed by atoms with E-state index in [0.29, 0.717) is 42.6 Å². The molecule has 0 saturated heterocycles. The molecule has 8 heteroatoms. The van der Waals surface area contributed by atoms with Crippen LogP contribution in [0.3, 0.4) is 0 Å². The lowest BCUT2D eigenvalue weighted by molar-refractivity contribution is -0.302. The van der Waals surface area contributed by atoms with Gasteiger partial charge in [-0.1, -0.05) is 26.0 Å². The molecule has 1 aliphatic heterocycles. The molecule has 0 spiro atoms. The summed E-state index contributed by atoms with van der Waals surface area (Å²) in [7, 11) is 0. The van der Waals surface area contributed by atoms with Crippen molar-refractivity contribution in [2.24, 2.45) is 17.8 Å². The summed E-state index contributed by atoms with van der Waals surface area (Å²) in [5, 5.41) is 9.30. The molecule has 33 heavy (non-hydrogen) atoms. The van der Waals surface area contributed by atoms with Crippen LogP contribution in [-0.2, 0) is 19.7 Å². The maximum atomic E-state index is 13.2. The quantitative estimate of drug-likeness (QED) is 0.620. The van der Waals surface area contributed by atoms with Gasteiger partial charge in [-0.15, -0.1) is 13.2 Å². The number of ether oxygens (including phenoxy) is 1. The summed E-state index contributed by atoms with van der Waals surface area (Å²) in [6.07, 6.45) is -0.539. The van der Waals surface area contributed by atoms with Crippen LogP contribution in [0.4, 0.5) is 18.9 Å². The standard InChI is InChI=1S/C25H28F3NO4/c1-5-29-20-11-15(13(2)8-19(20)24(3,4)12-22(29)30)17-9-14(16-10-18(16)23(31)32)6-7-21(17)33-25(26,27)28/h7-9,11,14,16,18H,5-6,10,12H2,1-4H3,(H,31,32)/t14-,16?,18-/m0/s1. The molecule has 1 amide bonds. The summed E-state index contributed by atoms with van der Waals surface area (Å²) in [5.74, 6) is -1.93. The minimum atomic E-state index is -4.85. The topological polar surface area (TPSA) is 66.8 Å². The average Bonchev–Trinajstić information content (AvgIpc) is 3.48. The number of amides is 1. The fourth-order valence-corrected chi connectivity index (χ4v) is 5.23. The van der Waals surface area contributed by atoms with Gasteiger partial charge in [-0.2, -0.15) is 0 Å². The van der Waals surface area contributed by atoms with E-state index in [9.17, 15) is 27.9 Å². The van der Waals surface area contributed by atoms with E-state index in [1.807, 2.05) is 33.8 Å². The third-order valence-corrected chi connectivity index (χ3v) is 7.02. The third kappa shape index (κ3) is 4.39. The zero-order chi connectivity index (χ0) is 24.3. The third-order valence-electron chi connectivity index (χ3n) is 7.02. The Morgan fingerprint density at radius 2 is 2.00 bits per heavy atom. The molecular formula is C25H28F3NO4. The molecule has 0 bridgehead atoms. The smallest absolute Gasteiger partial charge is 0.481 e. The van der Waals surface area contributed by atoms with Crippen molar-refractivity contribution >= 4 is 23.1 Å². The molecular weight excluding hydrogens is 435 g/mol. The number of carbonyl (C=O) groups is 2. The number of hydrogen-bond acceptors (Lipinski definition) is 3. The number of carboxylic acids is 1. The molecule has 2 aliphatic carbocycles. The van der Waals surface area contributed by atoms with Crippen LogP contribution in [-0.4, -0.2) is 29.9 Å². The van der Waals surface area contributed by atoms with Crippen LogP contribution in [0.25, 0.3) is 5.57 Å². The number of allylic oxidation sites excluding steroid dienone is 3. The van der Waals surface area contributed by atoms with Crippen molar-refractivity contribution in [1.29, 1.82) is 0 Å². The molecule has 3 atom stereocenters. The molecule has 1 aromatic carbocycles. The van der Waals surface area contributed by atoms with Crippen molar-refractivity contribution < 1.29 is 32.6 Å². The first-order valence-electron chi connectivity index (χ1n) is 11.2. The van der Waals surface area contributed by atoms with E-state index in [1.165, 1.54) is 6.08 Å². The first-order valence-corrected chi connectivity index (χ1v) is 11.2. The number of carboxylic acid groups (broad SMARTS) is 1. The number of anilines is 1. The summed E-state index contributed by atoms with van der Waals surface area (Å²) in [6.45, 7) is 8.14. The van der Waals surface area contributed by atoms with E-state index in [4.69, 9.17) is 0 Å². The van der Waals surface area contributed by atoms with Gasteiger partial charge in [-0.05, 0) is 67.4 Å². The Morgan fingerprint density at radius 3 is 2.58 bits per heavy atom. The van der Waals surface area contributed by atoms with Gasteiger partial charge in [0.1, 0.15) is 5.76 Å². The minimum absolute atomic E-state index is 0.0232. The maximum absolute atomic E-state index is 13.2. The highest BCUT2D eigenvalue weighted by molar-refractivity contribution is 5.99. The molecule has 3 aliphatic rings. The van der Waals surface area contributed by atoms with Crippen LogP contribution < -0.4 is 4.90 Å². The van der Waals surface area contributed by atoms with Crippen LogP contribution in [0.1, 0.15) is 56.7 Å². The van der Waals surface area contributed by atoms with Crippen LogP contribution >= 0.6 is 0 Å². The van der Waals surface area contributed by atoms with E-state index >= 15 is 0 Å². The molecule has 1 N–H and O–H groups in total. The number of carbonyl (C=O) groups excluding carboxylic acids is 1. The number of fused-ring (bicyclic) bond motifs is 1. The van der Waals surface area contributed by atoms with Gasteiger partial charge in [-0.25, -0.2) is 0 Å². The molecule has 1 fully saturated rings. The molecule has 5 nitrogen and oxygen atoms in total. The van der Waals surface area contributed by atoms with Crippen molar-refractivity contribution in [3.8, 4) is 0 Å². The van der Waals surface area contributed by atoms with Crippen LogP contribution in [0.2, 0.25) is 0 Å². The fourth-order valence-electron chi connectivity index (χ4n) is 5.23. The molecule has 1 saturated carbocycles. The second kappa shape index (κ2) is 7.92. The van der Waals surface area contributed by atoms with Gasteiger partial charge < -0.3 is 14.7 Å². The Labute approximate surface area is 190 Å². The van der Waals surface area contributed by atoms with E-state index in [-0.39, 0.29) is 23.5 Å². The van der Waals surface area contributed by atoms with Gasteiger partial charge in [0.25, 0.3) is 0 Å². The number of halogens is 3. The SMILES string of the molecule is CCN1C(=O)CC(C)(C)c2cc(C)c(C3=C[C@@H](C4C[C@@H]4C(=O)O)CC=C3OC(F)(F)F)cc21. The molecule has 1 unspecified atom stereocenters. The molecule has 0 aromatic heterocycles. The lowest BCUT2D eigenvalue weighted by Gasteiger charge is -2.39. The van der Waals surface area contributed by atoms with Gasteiger partial charge in [0.15, 0.2) is 0 Å². The van der Waals surface area contributed by atoms with Crippen LogP contribution in [0.15, 0.2) is 30.0 Å². The van der Waals surface area contributed by atoms with Crippen molar-refractivity contribution in [3.63, 3.8) is 0 Å². The van der Waals surface area contributed by atoms with Crippen LogP contribution in [0.5, 0.6) is 0 Å². The maximum Gasteiger partial charge on any atom is 0.573 e. The predicted octanol–water partition coefficient (Wildman–Crippen LogP) is 5.57. The van der Waals surface area contributed by atoms with Gasteiger partial charge in [0.05, 0.1) is 5.92 Å². The summed E-state index contributed by atoms with van der Waals surface area (Å²) >= 11 is 0. The van der Waals surface area contributed by atoms with E-state index < -0.39 is 23.7 Å². The Balaban J connectivity index is 1.82. The lowest BCUT2D eigenvalue weighted by Crippen LogP contribution is -2.42. The Kier molecular flexibility index (Phi) is 5.61. The summed E-state index contributed by atoms with van der Waals surface area (Å²) in [6, 6.07) is 3.74. The highest BCUT2D eigenvalue weighted by atomic mass is 19.4. The van der Waals surface area contributed by atoms with Crippen LogP contribution in [0, 0.1) is 24.7 Å². The number of aliphatic carboxylic acids is 1. The number of alkyl halides is 3.